The molecule has 0 unspecified atom stereocenters. The Bertz CT molecular complexity index is 424. The summed E-state index contributed by atoms with van der Waals surface area (Å²) >= 11 is 0. The Morgan fingerprint density at radius 3 is 2.86 bits per heavy atom. The van der Waals surface area contributed by atoms with Gasteiger partial charge in [0.15, 0.2) is 0 Å². The molecular formula is C9H10N4O. The first-order chi connectivity index (χ1) is 6.81. The van der Waals surface area contributed by atoms with Crippen LogP contribution in [0.25, 0.3) is 5.69 Å². The molecule has 0 saturated carbocycles. The minimum absolute atomic E-state index is 0.606. The quantitative estimate of drug-likeness (QED) is 0.713. The molecule has 1 heterocycles. The molecule has 0 aliphatic carbocycles. The molecule has 2 N–H and O–H groups in total. The Labute approximate surface area is 81.1 Å². The van der Waals surface area contributed by atoms with Gasteiger partial charge >= 0.3 is 0 Å². The predicted molar refractivity (Wildman–Crippen MR) is 52.3 cm³/mol. The van der Waals surface area contributed by atoms with Crippen molar-refractivity contribution in [1.82, 2.24) is 15.0 Å². The van der Waals surface area contributed by atoms with Crippen molar-refractivity contribution in [2.45, 2.75) is 0 Å². The van der Waals surface area contributed by atoms with Gasteiger partial charge in [0.1, 0.15) is 5.75 Å². The zero-order valence-corrected chi connectivity index (χ0v) is 7.71. The highest BCUT2D eigenvalue weighted by Gasteiger charge is 2.03. The van der Waals surface area contributed by atoms with Crippen molar-refractivity contribution < 1.29 is 4.74 Å². The van der Waals surface area contributed by atoms with Gasteiger partial charge in [-0.25, -0.2) is 4.68 Å². The number of hydrogen-bond acceptors (Lipinski definition) is 4. The molecule has 0 aliphatic rings. The first-order valence-electron chi connectivity index (χ1n) is 4.11. The van der Waals surface area contributed by atoms with E-state index in [0.717, 1.165) is 11.4 Å². The number of aromatic nitrogens is 3. The van der Waals surface area contributed by atoms with Crippen molar-refractivity contribution >= 4 is 5.69 Å². The Morgan fingerprint density at radius 1 is 1.43 bits per heavy atom. The van der Waals surface area contributed by atoms with Crippen LogP contribution in [-0.2, 0) is 0 Å². The smallest absolute Gasteiger partial charge is 0.121 e. The Balaban J connectivity index is 2.46. The van der Waals surface area contributed by atoms with Crippen LogP contribution in [0.5, 0.6) is 5.75 Å². The minimum Gasteiger partial charge on any atom is -0.497 e. The summed E-state index contributed by atoms with van der Waals surface area (Å²) < 4.78 is 6.65. The maximum absolute atomic E-state index is 5.82. The molecule has 0 aliphatic heterocycles. The van der Waals surface area contributed by atoms with E-state index in [1.165, 1.54) is 0 Å². The van der Waals surface area contributed by atoms with Gasteiger partial charge < -0.3 is 10.5 Å². The standard InChI is InChI=1S/C9H10N4O/c1-14-7-2-3-9(8(10)6-7)13-5-4-11-12-13/h2-6H,10H2,1H3. The minimum atomic E-state index is 0.606. The lowest BCUT2D eigenvalue weighted by atomic mass is 10.2. The molecule has 2 rings (SSSR count). The van der Waals surface area contributed by atoms with Crippen LogP contribution in [0.3, 0.4) is 0 Å². The zero-order valence-electron chi connectivity index (χ0n) is 7.71. The molecule has 0 saturated heterocycles. The summed E-state index contributed by atoms with van der Waals surface area (Å²) in [6.45, 7) is 0. The zero-order chi connectivity index (χ0) is 9.97. The van der Waals surface area contributed by atoms with Crippen molar-refractivity contribution in [3.8, 4) is 11.4 Å². The molecule has 0 amide bonds. The normalized spacial score (nSPS) is 10.1. The third-order valence-corrected chi connectivity index (χ3v) is 1.90. The van der Waals surface area contributed by atoms with Crippen LogP contribution in [0, 0.1) is 0 Å². The van der Waals surface area contributed by atoms with E-state index in [2.05, 4.69) is 10.3 Å². The molecule has 72 valence electrons. The first kappa shape index (κ1) is 8.55. The van der Waals surface area contributed by atoms with Crippen molar-refractivity contribution in [2.24, 2.45) is 0 Å². The fourth-order valence-electron chi connectivity index (χ4n) is 1.20. The number of nitrogen functional groups attached to an aromatic ring is 1. The fraction of sp³-hybridized carbons (Fsp3) is 0.111. The number of nitrogens with two attached hydrogens (primary N) is 1. The second-order valence-corrected chi connectivity index (χ2v) is 2.77. The van der Waals surface area contributed by atoms with Crippen LogP contribution in [0.15, 0.2) is 30.6 Å². The topological polar surface area (TPSA) is 66.0 Å². The summed E-state index contributed by atoms with van der Waals surface area (Å²) in [5.41, 5.74) is 7.22. The molecule has 14 heavy (non-hydrogen) atoms. The number of anilines is 1. The Kier molecular flexibility index (Phi) is 2.06. The third kappa shape index (κ3) is 1.39. The summed E-state index contributed by atoms with van der Waals surface area (Å²) in [6, 6.07) is 5.41. The summed E-state index contributed by atoms with van der Waals surface area (Å²) in [4.78, 5) is 0. The molecule has 0 atom stereocenters. The summed E-state index contributed by atoms with van der Waals surface area (Å²) in [6.07, 6.45) is 3.34. The van der Waals surface area contributed by atoms with E-state index >= 15 is 0 Å². The van der Waals surface area contributed by atoms with Crippen molar-refractivity contribution in [3.63, 3.8) is 0 Å². The van der Waals surface area contributed by atoms with E-state index in [1.807, 2.05) is 12.1 Å². The summed E-state index contributed by atoms with van der Waals surface area (Å²) in [5, 5.41) is 7.56. The molecule has 0 spiro atoms. The van der Waals surface area contributed by atoms with Crippen molar-refractivity contribution in [1.29, 1.82) is 0 Å². The van der Waals surface area contributed by atoms with Gasteiger partial charge in [-0.3, -0.25) is 0 Å². The number of ether oxygens (including phenoxy) is 1. The van der Waals surface area contributed by atoms with Gasteiger partial charge in [-0.05, 0) is 12.1 Å². The molecule has 1 aromatic carbocycles. The van der Waals surface area contributed by atoms with Gasteiger partial charge in [0, 0.05) is 6.07 Å². The average Bonchev–Trinajstić information content (AvgIpc) is 2.70. The van der Waals surface area contributed by atoms with Gasteiger partial charge in [0.25, 0.3) is 0 Å². The second kappa shape index (κ2) is 3.37. The largest absolute Gasteiger partial charge is 0.497 e. The molecule has 0 fully saturated rings. The lowest BCUT2D eigenvalue weighted by molar-refractivity contribution is 0.415. The van der Waals surface area contributed by atoms with E-state index < -0.39 is 0 Å². The molecule has 2 aromatic rings. The van der Waals surface area contributed by atoms with E-state index in [0.29, 0.717) is 5.69 Å². The van der Waals surface area contributed by atoms with Gasteiger partial charge in [0.2, 0.25) is 0 Å². The third-order valence-electron chi connectivity index (χ3n) is 1.90. The van der Waals surface area contributed by atoms with E-state index in [9.17, 15) is 0 Å². The Morgan fingerprint density at radius 2 is 2.29 bits per heavy atom. The van der Waals surface area contributed by atoms with Crippen LogP contribution in [0.2, 0.25) is 0 Å². The van der Waals surface area contributed by atoms with Crippen LogP contribution in [0.4, 0.5) is 5.69 Å². The maximum Gasteiger partial charge on any atom is 0.121 e. The first-order valence-corrected chi connectivity index (χ1v) is 4.11. The molecular weight excluding hydrogens is 180 g/mol. The number of rotatable bonds is 2. The van der Waals surface area contributed by atoms with Crippen LogP contribution < -0.4 is 10.5 Å². The summed E-state index contributed by atoms with van der Waals surface area (Å²) in [5.74, 6) is 0.728. The van der Waals surface area contributed by atoms with Crippen molar-refractivity contribution in [2.75, 3.05) is 12.8 Å². The molecule has 5 nitrogen and oxygen atoms in total. The predicted octanol–water partition coefficient (Wildman–Crippen LogP) is 0.858. The van der Waals surface area contributed by atoms with Crippen LogP contribution >= 0.6 is 0 Å². The van der Waals surface area contributed by atoms with Gasteiger partial charge in [-0.1, -0.05) is 5.21 Å². The average molecular weight is 190 g/mol. The lowest BCUT2D eigenvalue weighted by Crippen LogP contribution is -2.00. The van der Waals surface area contributed by atoms with Crippen LogP contribution in [-0.4, -0.2) is 22.1 Å². The molecule has 0 radical (unpaired) electrons. The highest BCUT2D eigenvalue weighted by molar-refractivity contribution is 5.60. The fourth-order valence-corrected chi connectivity index (χ4v) is 1.20. The van der Waals surface area contributed by atoms with E-state index in [1.54, 1.807) is 30.3 Å². The number of hydrogen-bond donors (Lipinski definition) is 1. The van der Waals surface area contributed by atoms with E-state index in [-0.39, 0.29) is 0 Å². The maximum atomic E-state index is 5.82. The Hall–Kier alpha value is -2.04. The summed E-state index contributed by atoms with van der Waals surface area (Å²) in [7, 11) is 1.60. The molecule has 1 aromatic heterocycles. The highest BCUT2D eigenvalue weighted by Crippen LogP contribution is 2.21. The SMILES string of the molecule is COc1ccc(-n2ccnn2)c(N)c1. The van der Waals surface area contributed by atoms with Gasteiger partial charge in [0.05, 0.1) is 30.9 Å². The van der Waals surface area contributed by atoms with Gasteiger partial charge in [-0.15, -0.1) is 5.10 Å². The number of methoxy groups -OCH3 is 1. The van der Waals surface area contributed by atoms with Crippen molar-refractivity contribution in [3.05, 3.63) is 30.6 Å². The monoisotopic (exact) mass is 190 g/mol. The highest BCUT2D eigenvalue weighted by atomic mass is 16.5. The van der Waals surface area contributed by atoms with E-state index in [4.69, 9.17) is 10.5 Å². The van der Waals surface area contributed by atoms with Crippen LogP contribution in [0.1, 0.15) is 0 Å². The number of benzene rings is 1. The second-order valence-electron chi connectivity index (χ2n) is 2.77. The molecule has 5 heteroatoms. The number of nitrogens with zero attached hydrogens (tertiary/aromatic N) is 3. The lowest BCUT2D eigenvalue weighted by Gasteiger charge is -2.06. The van der Waals surface area contributed by atoms with Gasteiger partial charge in [-0.2, -0.15) is 0 Å². The molecule has 0 bridgehead atoms.